The van der Waals surface area contributed by atoms with E-state index in [9.17, 15) is 5.21 Å². The maximum absolute atomic E-state index is 10.2. The molecule has 1 N–H and O–H groups in total. The van der Waals surface area contributed by atoms with Gasteiger partial charge in [-0.2, -0.15) is 5.06 Å². The van der Waals surface area contributed by atoms with Crippen molar-refractivity contribution in [3.63, 3.8) is 0 Å². The third-order valence-corrected chi connectivity index (χ3v) is 3.86. The van der Waals surface area contributed by atoms with E-state index >= 15 is 0 Å². The van der Waals surface area contributed by atoms with Gasteiger partial charge in [-0.05, 0) is 27.7 Å². The molecule has 1 heterocycles. The van der Waals surface area contributed by atoms with Gasteiger partial charge in [-0.1, -0.05) is 24.3 Å². The number of fused-ring (bicyclic) bond motifs is 1. The van der Waals surface area contributed by atoms with Crippen LogP contribution in [-0.4, -0.2) is 21.3 Å². The zero-order valence-electron chi connectivity index (χ0n) is 9.36. The van der Waals surface area contributed by atoms with E-state index in [1.165, 1.54) is 5.06 Å². The van der Waals surface area contributed by atoms with Gasteiger partial charge in [0.05, 0.1) is 0 Å². The fourth-order valence-corrected chi connectivity index (χ4v) is 2.98. The molecular formula is C12H19NO. The Bertz CT molecular complexity index is 271. The second-order valence-electron chi connectivity index (χ2n) is 5.44. The minimum Gasteiger partial charge on any atom is -0.313 e. The summed E-state index contributed by atoms with van der Waals surface area (Å²) in [5.74, 6) is 0.819. The summed E-state index contributed by atoms with van der Waals surface area (Å²) in [6.45, 7) is 8.40. The van der Waals surface area contributed by atoms with E-state index in [-0.39, 0.29) is 11.1 Å². The van der Waals surface area contributed by atoms with Crippen molar-refractivity contribution in [1.82, 2.24) is 5.06 Å². The minimum absolute atomic E-state index is 0.171. The Balaban J connectivity index is 2.46. The number of hydrogen-bond donors (Lipinski definition) is 1. The van der Waals surface area contributed by atoms with Crippen molar-refractivity contribution < 1.29 is 5.21 Å². The number of nitrogens with zero attached hydrogens (tertiary/aromatic N) is 1. The molecule has 0 spiro atoms. The normalized spacial score (nSPS) is 38.6. The topological polar surface area (TPSA) is 23.5 Å². The molecular weight excluding hydrogens is 174 g/mol. The van der Waals surface area contributed by atoms with Gasteiger partial charge >= 0.3 is 0 Å². The van der Waals surface area contributed by atoms with Crippen LogP contribution in [0.2, 0.25) is 0 Å². The first-order valence-electron chi connectivity index (χ1n) is 5.22. The van der Waals surface area contributed by atoms with Crippen molar-refractivity contribution in [2.24, 2.45) is 11.8 Å². The molecule has 2 aliphatic rings. The third-order valence-electron chi connectivity index (χ3n) is 3.86. The lowest BCUT2D eigenvalue weighted by Crippen LogP contribution is -2.47. The highest BCUT2D eigenvalue weighted by molar-refractivity contribution is 5.25. The van der Waals surface area contributed by atoms with Crippen LogP contribution in [0.15, 0.2) is 24.3 Å². The Morgan fingerprint density at radius 3 is 1.64 bits per heavy atom. The van der Waals surface area contributed by atoms with Crippen LogP contribution in [0.4, 0.5) is 0 Å². The smallest absolute Gasteiger partial charge is 0.0479 e. The number of hydroxylamine groups is 2. The summed E-state index contributed by atoms with van der Waals surface area (Å²) < 4.78 is 0. The molecule has 0 radical (unpaired) electrons. The van der Waals surface area contributed by atoms with Crippen LogP contribution < -0.4 is 0 Å². The highest BCUT2D eigenvalue weighted by atomic mass is 16.5. The third kappa shape index (κ3) is 1.04. The van der Waals surface area contributed by atoms with Gasteiger partial charge in [0.1, 0.15) is 0 Å². The fraction of sp³-hybridized carbons (Fsp3) is 0.667. The molecule has 0 saturated carbocycles. The predicted molar refractivity (Wildman–Crippen MR) is 57.0 cm³/mol. The number of allylic oxidation sites excluding steroid dienone is 2. The molecule has 1 aliphatic carbocycles. The van der Waals surface area contributed by atoms with Crippen molar-refractivity contribution in [3.8, 4) is 0 Å². The summed E-state index contributed by atoms with van der Waals surface area (Å²) in [7, 11) is 0. The van der Waals surface area contributed by atoms with Gasteiger partial charge < -0.3 is 5.21 Å². The maximum Gasteiger partial charge on any atom is 0.0479 e. The second kappa shape index (κ2) is 2.71. The molecule has 0 aromatic carbocycles. The predicted octanol–water partition coefficient (Wildman–Crippen LogP) is 2.61. The average molecular weight is 193 g/mol. The molecule has 2 heteroatoms. The summed E-state index contributed by atoms with van der Waals surface area (Å²) in [4.78, 5) is 0. The Kier molecular flexibility index (Phi) is 1.92. The highest BCUT2D eigenvalue weighted by Gasteiger charge is 2.56. The summed E-state index contributed by atoms with van der Waals surface area (Å²) in [5.41, 5.74) is -0.342. The van der Waals surface area contributed by atoms with E-state index in [1.807, 2.05) is 0 Å². The monoisotopic (exact) mass is 193 g/mol. The van der Waals surface area contributed by atoms with Gasteiger partial charge in [-0.15, -0.1) is 0 Å². The summed E-state index contributed by atoms with van der Waals surface area (Å²) >= 11 is 0. The lowest BCUT2D eigenvalue weighted by Gasteiger charge is -2.35. The molecule has 0 amide bonds. The van der Waals surface area contributed by atoms with Gasteiger partial charge in [0.25, 0.3) is 0 Å². The van der Waals surface area contributed by atoms with E-state index in [2.05, 4.69) is 52.0 Å². The molecule has 0 aromatic heterocycles. The van der Waals surface area contributed by atoms with Crippen molar-refractivity contribution in [2.75, 3.05) is 0 Å². The largest absolute Gasteiger partial charge is 0.313 e. The number of rotatable bonds is 0. The van der Waals surface area contributed by atoms with Crippen LogP contribution in [-0.2, 0) is 0 Å². The molecule has 2 rings (SSSR count). The molecule has 1 aliphatic heterocycles. The number of hydrogen-bond acceptors (Lipinski definition) is 2. The van der Waals surface area contributed by atoms with Crippen molar-refractivity contribution >= 4 is 0 Å². The van der Waals surface area contributed by atoms with Gasteiger partial charge in [-0.3, -0.25) is 0 Å². The first kappa shape index (κ1) is 9.94. The maximum atomic E-state index is 10.2. The molecule has 78 valence electrons. The van der Waals surface area contributed by atoms with Crippen LogP contribution in [0.1, 0.15) is 27.7 Å². The second-order valence-corrected chi connectivity index (χ2v) is 5.44. The van der Waals surface area contributed by atoms with Crippen LogP contribution in [0.3, 0.4) is 0 Å². The molecule has 0 bridgehead atoms. The SMILES string of the molecule is CC1(C)C2C=CC=CC2C(C)(C)N1O. The molecule has 2 unspecified atom stereocenters. The van der Waals surface area contributed by atoms with E-state index < -0.39 is 0 Å². The fourth-order valence-electron chi connectivity index (χ4n) is 2.98. The molecule has 14 heavy (non-hydrogen) atoms. The van der Waals surface area contributed by atoms with Crippen LogP contribution in [0, 0.1) is 11.8 Å². The first-order chi connectivity index (χ1) is 6.38. The van der Waals surface area contributed by atoms with Crippen LogP contribution in [0.25, 0.3) is 0 Å². The standard InChI is InChI=1S/C12H19NO/c1-11(2)9-7-5-6-8-10(9)12(3,4)13(11)14/h5-10,14H,1-4H3. The van der Waals surface area contributed by atoms with Gasteiger partial charge in [-0.25, -0.2) is 0 Å². The lowest BCUT2D eigenvalue weighted by molar-refractivity contribution is -0.197. The minimum atomic E-state index is -0.171. The van der Waals surface area contributed by atoms with Crippen molar-refractivity contribution in [2.45, 2.75) is 38.8 Å². The Morgan fingerprint density at radius 2 is 1.29 bits per heavy atom. The molecule has 2 atom stereocenters. The molecule has 0 aromatic rings. The van der Waals surface area contributed by atoms with Crippen LogP contribution in [0.5, 0.6) is 0 Å². The van der Waals surface area contributed by atoms with Crippen molar-refractivity contribution in [3.05, 3.63) is 24.3 Å². The Labute approximate surface area is 85.9 Å². The van der Waals surface area contributed by atoms with E-state index in [1.54, 1.807) is 0 Å². The quantitative estimate of drug-likeness (QED) is 0.639. The van der Waals surface area contributed by atoms with E-state index in [0.29, 0.717) is 11.8 Å². The zero-order chi connectivity index (χ0) is 10.6. The van der Waals surface area contributed by atoms with Crippen molar-refractivity contribution in [1.29, 1.82) is 0 Å². The van der Waals surface area contributed by atoms with E-state index in [4.69, 9.17) is 0 Å². The van der Waals surface area contributed by atoms with E-state index in [0.717, 1.165) is 0 Å². The molecule has 2 nitrogen and oxygen atoms in total. The zero-order valence-corrected chi connectivity index (χ0v) is 9.36. The van der Waals surface area contributed by atoms with Gasteiger partial charge in [0, 0.05) is 22.9 Å². The van der Waals surface area contributed by atoms with Crippen LogP contribution >= 0.6 is 0 Å². The Morgan fingerprint density at radius 1 is 0.929 bits per heavy atom. The highest BCUT2D eigenvalue weighted by Crippen LogP contribution is 2.50. The summed E-state index contributed by atoms with van der Waals surface area (Å²) in [6.07, 6.45) is 8.58. The first-order valence-corrected chi connectivity index (χ1v) is 5.22. The lowest BCUT2D eigenvalue weighted by atomic mass is 9.75. The van der Waals surface area contributed by atoms with Gasteiger partial charge in [0.2, 0.25) is 0 Å². The summed E-state index contributed by atoms with van der Waals surface area (Å²) in [6, 6.07) is 0. The van der Waals surface area contributed by atoms with Gasteiger partial charge in [0.15, 0.2) is 0 Å². The Hall–Kier alpha value is -0.600. The average Bonchev–Trinajstić information content (AvgIpc) is 2.28. The molecule has 1 saturated heterocycles. The summed E-state index contributed by atoms with van der Waals surface area (Å²) in [5, 5.41) is 11.7. The molecule has 1 fully saturated rings.